The van der Waals surface area contributed by atoms with Crippen LogP contribution in [-0.4, -0.2) is 24.5 Å². The average molecular weight is 320 g/mol. The minimum Gasteiger partial charge on any atom is -0.366 e. The summed E-state index contributed by atoms with van der Waals surface area (Å²) in [5.74, 6) is -2.43. The number of benzene rings is 1. The predicted molar refractivity (Wildman–Crippen MR) is 65.3 cm³/mol. The summed E-state index contributed by atoms with van der Waals surface area (Å²) in [6, 6.07) is 2.27. The van der Waals surface area contributed by atoms with Crippen molar-refractivity contribution in [3.63, 3.8) is 0 Å². The molecule has 2 unspecified atom stereocenters. The monoisotopic (exact) mass is 319 g/mol. The van der Waals surface area contributed by atoms with E-state index in [1.165, 1.54) is 6.07 Å². The van der Waals surface area contributed by atoms with Gasteiger partial charge in [-0.1, -0.05) is 0 Å². The number of ether oxygens (including phenoxy) is 1. The van der Waals surface area contributed by atoms with Gasteiger partial charge >= 0.3 is 0 Å². The van der Waals surface area contributed by atoms with Gasteiger partial charge in [-0.05, 0) is 40.9 Å². The van der Waals surface area contributed by atoms with Crippen LogP contribution in [0.5, 0.6) is 0 Å². The molecule has 1 aromatic carbocycles. The van der Waals surface area contributed by atoms with Gasteiger partial charge in [-0.25, -0.2) is 8.78 Å². The Morgan fingerprint density at radius 3 is 2.78 bits per heavy atom. The fourth-order valence-corrected chi connectivity index (χ4v) is 2.32. The van der Waals surface area contributed by atoms with Crippen molar-refractivity contribution in [2.75, 3.05) is 6.54 Å². The summed E-state index contributed by atoms with van der Waals surface area (Å²) in [4.78, 5) is 12.0. The van der Waals surface area contributed by atoms with E-state index in [0.717, 1.165) is 6.07 Å². The number of hydrogen-bond donors (Lipinski definition) is 1. The highest BCUT2D eigenvalue weighted by atomic mass is 79.9. The van der Waals surface area contributed by atoms with Crippen LogP contribution in [0.25, 0.3) is 0 Å². The molecule has 1 saturated heterocycles. The topological polar surface area (TPSA) is 52.3 Å². The molecule has 0 aromatic heterocycles. The van der Waals surface area contributed by atoms with Crippen LogP contribution in [0, 0.1) is 11.6 Å². The Bertz CT molecular complexity index is 481. The van der Waals surface area contributed by atoms with Crippen LogP contribution in [-0.2, 0) is 4.74 Å². The molecule has 6 heteroatoms. The van der Waals surface area contributed by atoms with Gasteiger partial charge < -0.3 is 10.5 Å². The normalized spacial score (nSPS) is 23.3. The van der Waals surface area contributed by atoms with Crippen LogP contribution < -0.4 is 5.73 Å². The maximum absolute atomic E-state index is 13.8. The SMILES string of the molecule is NCC1CCC(C(=O)c2c(F)ccc(Br)c2F)O1. The smallest absolute Gasteiger partial charge is 0.197 e. The fraction of sp³-hybridized carbons (Fsp3) is 0.417. The molecule has 0 radical (unpaired) electrons. The Labute approximate surface area is 111 Å². The summed E-state index contributed by atoms with van der Waals surface area (Å²) in [6.07, 6.45) is 0.0463. The maximum Gasteiger partial charge on any atom is 0.197 e. The second kappa shape index (κ2) is 5.42. The van der Waals surface area contributed by atoms with Gasteiger partial charge in [-0.15, -0.1) is 0 Å². The molecule has 2 N–H and O–H groups in total. The molecule has 1 fully saturated rings. The number of nitrogens with two attached hydrogens (primary N) is 1. The van der Waals surface area contributed by atoms with E-state index in [0.29, 0.717) is 19.4 Å². The first-order valence-electron chi connectivity index (χ1n) is 5.57. The van der Waals surface area contributed by atoms with Crippen molar-refractivity contribution in [3.05, 3.63) is 33.8 Å². The van der Waals surface area contributed by atoms with Crippen molar-refractivity contribution in [1.29, 1.82) is 0 Å². The van der Waals surface area contributed by atoms with Crippen LogP contribution in [0.4, 0.5) is 8.78 Å². The van der Waals surface area contributed by atoms with Crippen molar-refractivity contribution in [2.24, 2.45) is 5.73 Å². The lowest BCUT2D eigenvalue weighted by Gasteiger charge is -2.12. The van der Waals surface area contributed by atoms with Gasteiger partial charge in [0.25, 0.3) is 0 Å². The summed E-state index contributed by atoms with van der Waals surface area (Å²) in [5, 5.41) is 0. The molecule has 2 atom stereocenters. The first-order chi connectivity index (χ1) is 8.54. The first kappa shape index (κ1) is 13.6. The largest absolute Gasteiger partial charge is 0.366 e. The zero-order valence-electron chi connectivity index (χ0n) is 9.46. The highest BCUT2D eigenvalue weighted by Gasteiger charge is 2.33. The number of carbonyl (C=O) groups is 1. The van der Waals surface area contributed by atoms with Crippen LogP contribution in [0.1, 0.15) is 23.2 Å². The van der Waals surface area contributed by atoms with Gasteiger partial charge in [0.05, 0.1) is 16.1 Å². The summed E-state index contributed by atoms with van der Waals surface area (Å²) < 4.78 is 32.7. The fourth-order valence-electron chi connectivity index (χ4n) is 1.99. The molecule has 18 heavy (non-hydrogen) atoms. The Hall–Kier alpha value is -0.850. The molecule has 98 valence electrons. The highest BCUT2D eigenvalue weighted by Crippen LogP contribution is 2.27. The molecular formula is C12H12BrF2NO2. The summed E-state index contributed by atoms with van der Waals surface area (Å²) in [6.45, 7) is 0.299. The number of Topliss-reactive ketones (excluding diaryl/α,β-unsaturated/α-hetero) is 1. The molecule has 1 aromatic rings. The zero-order chi connectivity index (χ0) is 13.3. The van der Waals surface area contributed by atoms with E-state index in [4.69, 9.17) is 10.5 Å². The molecule has 0 saturated carbocycles. The molecule has 2 rings (SSSR count). The van der Waals surface area contributed by atoms with Crippen LogP contribution in [0.2, 0.25) is 0 Å². The van der Waals surface area contributed by atoms with Crippen molar-refractivity contribution >= 4 is 21.7 Å². The average Bonchev–Trinajstić information content (AvgIpc) is 2.83. The number of halogens is 3. The van der Waals surface area contributed by atoms with Crippen LogP contribution in [0.15, 0.2) is 16.6 Å². The molecular weight excluding hydrogens is 308 g/mol. The van der Waals surface area contributed by atoms with Crippen molar-refractivity contribution < 1.29 is 18.3 Å². The molecule has 0 aliphatic carbocycles. The molecule has 0 spiro atoms. The molecule has 1 aliphatic rings. The van der Waals surface area contributed by atoms with Gasteiger partial charge in [-0.2, -0.15) is 0 Å². The van der Waals surface area contributed by atoms with Crippen molar-refractivity contribution in [1.82, 2.24) is 0 Å². The summed E-state index contributed by atoms with van der Waals surface area (Å²) >= 11 is 2.93. The van der Waals surface area contributed by atoms with Gasteiger partial charge in [0.2, 0.25) is 0 Å². The standard InChI is InChI=1S/C12H12BrF2NO2/c13-7-2-3-8(14)10(11(7)15)12(17)9-4-1-6(5-16)18-9/h2-3,6,9H,1,4-5,16H2. The van der Waals surface area contributed by atoms with Gasteiger partial charge in [0.1, 0.15) is 11.9 Å². The van der Waals surface area contributed by atoms with E-state index < -0.39 is 29.1 Å². The quantitative estimate of drug-likeness (QED) is 0.687. The van der Waals surface area contributed by atoms with E-state index in [1.807, 2.05) is 0 Å². The predicted octanol–water partition coefficient (Wildman–Crippen LogP) is 2.42. The molecule has 0 bridgehead atoms. The Kier molecular flexibility index (Phi) is 4.09. The maximum atomic E-state index is 13.8. The Morgan fingerprint density at radius 1 is 1.44 bits per heavy atom. The van der Waals surface area contributed by atoms with Gasteiger partial charge in [0, 0.05) is 6.54 Å². The third kappa shape index (κ3) is 2.46. The lowest BCUT2D eigenvalue weighted by molar-refractivity contribution is 0.0397. The first-order valence-corrected chi connectivity index (χ1v) is 6.37. The second-order valence-electron chi connectivity index (χ2n) is 4.14. The summed E-state index contributed by atoms with van der Waals surface area (Å²) in [7, 11) is 0. The van der Waals surface area contributed by atoms with Crippen molar-refractivity contribution in [2.45, 2.75) is 25.0 Å². The molecule has 3 nitrogen and oxygen atoms in total. The van der Waals surface area contributed by atoms with E-state index in [2.05, 4.69) is 15.9 Å². The van der Waals surface area contributed by atoms with Crippen molar-refractivity contribution in [3.8, 4) is 0 Å². The Morgan fingerprint density at radius 2 is 2.17 bits per heavy atom. The molecule has 0 amide bonds. The lowest BCUT2D eigenvalue weighted by Crippen LogP contribution is -2.26. The van der Waals surface area contributed by atoms with E-state index in [1.54, 1.807) is 0 Å². The number of rotatable bonds is 3. The molecule has 1 heterocycles. The number of carbonyl (C=O) groups excluding carboxylic acids is 1. The summed E-state index contributed by atoms with van der Waals surface area (Å²) in [5.41, 5.74) is 4.88. The third-order valence-corrected chi connectivity index (χ3v) is 3.57. The van der Waals surface area contributed by atoms with E-state index >= 15 is 0 Å². The van der Waals surface area contributed by atoms with E-state index in [9.17, 15) is 13.6 Å². The number of ketones is 1. The zero-order valence-corrected chi connectivity index (χ0v) is 11.0. The second-order valence-corrected chi connectivity index (χ2v) is 5.00. The lowest BCUT2D eigenvalue weighted by atomic mass is 10.0. The van der Waals surface area contributed by atoms with Crippen LogP contribution in [0.3, 0.4) is 0 Å². The highest BCUT2D eigenvalue weighted by molar-refractivity contribution is 9.10. The third-order valence-electron chi connectivity index (χ3n) is 2.95. The minimum atomic E-state index is -0.889. The van der Waals surface area contributed by atoms with Crippen LogP contribution >= 0.6 is 15.9 Å². The minimum absolute atomic E-state index is 0.0561. The van der Waals surface area contributed by atoms with Gasteiger partial charge in [0.15, 0.2) is 11.6 Å². The van der Waals surface area contributed by atoms with Gasteiger partial charge in [-0.3, -0.25) is 4.79 Å². The van der Waals surface area contributed by atoms with E-state index in [-0.39, 0.29) is 10.6 Å². The molecule has 1 aliphatic heterocycles. The number of hydrogen-bond acceptors (Lipinski definition) is 3. The Balaban J connectivity index is 2.27.